The normalized spacial score (nSPS) is 24.4. The van der Waals surface area contributed by atoms with Gasteiger partial charge in [0.2, 0.25) is 5.91 Å². The van der Waals surface area contributed by atoms with E-state index in [4.69, 9.17) is 10.00 Å². The lowest BCUT2D eigenvalue weighted by atomic mass is 9.83. The first-order chi connectivity index (χ1) is 15.0. The van der Waals surface area contributed by atoms with E-state index >= 15 is 0 Å². The summed E-state index contributed by atoms with van der Waals surface area (Å²) in [7, 11) is 0. The number of rotatable bonds is 2. The molecule has 4 fully saturated rings. The standard InChI is InChI=1S/C22H25N5O4/c23-13-15-1-5-17(6-2-15)24-20(29)26-11-12-27-18(14-26)22(31-21(27)30)7-9-25(10-8-22)19(28)16-3-4-16/h1-2,5-6,16,18H,3-4,7-12,14H2,(H,24,29). The minimum Gasteiger partial charge on any atom is -0.440 e. The Labute approximate surface area is 180 Å². The molecule has 9 heteroatoms. The molecule has 9 nitrogen and oxygen atoms in total. The molecule has 1 aromatic carbocycles. The van der Waals surface area contributed by atoms with E-state index in [1.165, 1.54) is 0 Å². The van der Waals surface area contributed by atoms with E-state index < -0.39 is 5.60 Å². The molecular weight excluding hydrogens is 398 g/mol. The van der Waals surface area contributed by atoms with Gasteiger partial charge in [0.1, 0.15) is 5.60 Å². The summed E-state index contributed by atoms with van der Waals surface area (Å²) in [5.74, 6) is 0.413. The van der Waals surface area contributed by atoms with Crippen molar-refractivity contribution in [2.24, 2.45) is 5.92 Å². The van der Waals surface area contributed by atoms with E-state index in [0.29, 0.717) is 56.8 Å². The van der Waals surface area contributed by atoms with Gasteiger partial charge in [-0.3, -0.25) is 9.69 Å². The second-order valence-electron chi connectivity index (χ2n) is 8.81. The molecule has 5 rings (SSSR count). The van der Waals surface area contributed by atoms with Gasteiger partial charge >= 0.3 is 12.1 Å². The fourth-order valence-electron chi connectivity index (χ4n) is 4.90. The summed E-state index contributed by atoms with van der Waals surface area (Å²) < 4.78 is 5.87. The summed E-state index contributed by atoms with van der Waals surface area (Å²) in [4.78, 5) is 43.1. The van der Waals surface area contributed by atoms with Crippen LogP contribution in [0.3, 0.4) is 0 Å². The number of hydrogen-bond acceptors (Lipinski definition) is 5. The number of carbonyl (C=O) groups excluding carboxylic acids is 3. The average Bonchev–Trinajstić information content (AvgIpc) is 3.61. The Balaban J connectivity index is 1.25. The minimum atomic E-state index is -0.648. The second-order valence-corrected chi connectivity index (χ2v) is 8.81. The van der Waals surface area contributed by atoms with E-state index in [0.717, 1.165) is 12.8 Å². The SMILES string of the molecule is N#Cc1ccc(NC(=O)N2CCN3C(=O)OC4(CCN(C(=O)C5CC5)CC4)C3C2)cc1. The molecule has 3 aliphatic heterocycles. The quantitative estimate of drug-likeness (QED) is 0.783. The third-order valence-electron chi connectivity index (χ3n) is 6.91. The van der Waals surface area contributed by atoms with Gasteiger partial charge in [0.25, 0.3) is 0 Å². The van der Waals surface area contributed by atoms with Crippen LogP contribution in [0.25, 0.3) is 0 Å². The van der Waals surface area contributed by atoms with Crippen LogP contribution in [0.15, 0.2) is 24.3 Å². The van der Waals surface area contributed by atoms with Crippen LogP contribution < -0.4 is 5.32 Å². The smallest absolute Gasteiger partial charge is 0.410 e. The van der Waals surface area contributed by atoms with Gasteiger partial charge in [-0.25, -0.2) is 9.59 Å². The number of likely N-dealkylation sites (tertiary alicyclic amines) is 1. The van der Waals surface area contributed by atoms with Crippen LogP contribution in [0, 0.1) is 17.2 Å². The molecule has 1 saturated carbocycles. The zero-order valence-electron chi connectivity index (χ0n) is 17.2. The molecule has 0 aromatic heterocycles. The van der Waals surface area contributed by atoms with Crippen LogP contribution in [0.1, 0.15) is 31.2 Å². The third kappa shape index (κ3) is 3.56. The van der Waals surface area contributed by atoms with E-state index in [2.05, 4.69) is 11.4 Å². The molecule has 1 atom stereocenters. The highest BCUT2D eigenvalue weighted by Gasteiger charge is 2.57. The number of piperidine rings is 1. The Bertz CT molecular complexity index is 944. The maximum Gasteiger partial charge on any atom is 0.410 e. The highest BCUT2D eigenvalue weighted by atomic mass is 16.6. The Hall–Kier alpha value is -3.28. The number of nitrogens with zero attached hydrogens (tertiary/aromatic N) is 4. The maximum atomic E-state index is 12.8. The van der Waals surface area contributed by atoms with E-state index in [9.17, 15) is 14.4 Å². The molecule has 162 valence electrons. The molecular formula is C22H25N5O4. The molecule has 0 radical (unpaired) electrons. The first kappa shape index (κ1) is 19.7. The summed E-state index contributed by atoms with van der Waals surface area (Å²) in [6, 6.07) is 8.31. The van der Waals surface area contributed by atoms with Gasteiger partial charge in [-0.2, -0.15) is 5.26 Å². The highest BCUT2D eigenvalue weighted by Crippen LogP contribution is 2.41. The van der Waals surface area contributed by atoms with Crippen molar-refractivity contribution < 1.29 is 19.1 Å². The first-order valence-corrected chi connectivity index (χ1v) is 10.8. The molecule has 1 N–H and O–H groups in total. The third-order valence-corrected chi connectivity index (χ3v) is 6.91. The highest BCUT2D eigenvalue weighted by molar-refractivity contribution is 5.89. The van der Waals surface area contributed by atoms with Gasteiger partial charge in [-0.05, 0) is 37.1 Å². The fourth-order valence-corrected chi connectivity index (χ4v) is 4.90. The second kappa shape index (κ2) is 7.45. The van der Waals surface area contributed by atoms with Crippen LogP contribution in [0.5, 0.6) is 0 Å². The van der Waals surface area contributed by atoms with Gasteiger partial charge in [0.15, 0.2) is 0 Å². The number of urea groups is 1. The van der Waals surface area contributed by atoms with E-state index in [1.54, 1.807) is 34.1 Å². The number of ether oxygens (including phenoxy) is 1. The Morgan fingerprint density at radius 1 is 1.06 bits per heavy atom. The number of fused-ring (bicyclic) bond motifs is 2. The lowest BCUT2D eigenvalue weighted by Gasteiger charge is -2.45. The number of nitriles is 1. The molecule has 4 aliphatic rings. The van der Waals surface area contributed by atoms with Crippen molar-refractivity contribution in [3.63, 3.8) is 0 Å². The predicted molar refractivity (Wildman–Crippen MR) is 110 cm³/mol. The summed E-state index contributed by atoms with van der Waals surface area (Å²) in [6.07, 6.45) is 2.84. The molecule has 1 unspecified atom stereocenters. The molecule has 1 spiro atoms. The number of amides is 4. The lowest BCUT2D eigenvalue weighted by Crippen LogP contribution is -2.62. The van der Waals surface area contributed by atoms with Crippen molar-refractivity contribution in [1.29, 1.82) is 5.26 Å². The van der Waals surface area contributed by atoms with Crippen molar-refractivity contribution in [3.8, 4) is 6.07 Å². The van der Waals surface area contributed by atoms with Crippen LogP contribution in [-0.2, 0) is 9.53 Å². The number of piperazine rings is 1. The Kier molecular flexibility index (Phi) is 4.73. The number of anilines is 1. The van der Waals surface area contributed by atoms with Crippen LogP contribution in [-0.4, -0.2) is 77.1 Å². The van der Waals surface area contributed by atoms with Crippen LogP contribution in [0.2, 0.25) is 0 Å². The van der Waals surface area contributed by atoms with E-state index in [-0.39, 0.29) is 30.0 Å². The maximum absolute atomic E-state index is 12.8. The van der Waals surface area contributed by atoms with E-state index in [1.807, 2.05) is 4.90 Å². The average molecular weight is 423 g/mol. The summed E-state index contributed by atoms with van der Waals surface area (Å²) in [5.41, 5.74) is 0.499. The van der Waals surface area contributed by atoms with Gasteiger partial charge in [0, 0.05) is 57.2 Å². The minimum absolute atomic E-state index is 0.188. The number of carbonyl (C=O) groups is 3. The topological polar surface area (TPSA) is 106 Å². The van der Waals surface area contributed by atoms with Crippen molar-refractivity contribution >= 4 is 23.7 Å². The molecule has 1 aliphatic carbocycles. The van der Waals surface area contributed by atoms with Gasteiger partial charge in [0.05, 0.1) is 17.7 Å². The van der Waals surface area contributed by atoms with Crippen molar-refractivity contribution in [3.05, 3.63) is 29.8 Å². The Morgan fingerprint density at radius 2 is 1.77 bits per heavy atom. The van der Waals surface area contributed by atoms with Crippen molar-refractivity contribution in [1.82, 2.24) is 14.7 Å². The lowest BCUT2D eigenvalue weighted by molar-refractivity contribution is -0.136. The van der Waals surface area contributed by atoms with Crippen molar-refractivity contribution in [2.45, 2.75) is 37.3 Å². The molecule has 4 amide bonds. The van der Waals surface area contributed by atoms with Crippen LogP contribution in [0.4, 0.5) is 15.3 Å². The summed E-state index contributed by atoms with van der Waals surface area (Å²) >= 11 is 0. The number of nitrogens with one attached hydrogen (secondary N) is 1. The molecule has 3 saturated heterocycles. The fraction of sp³-hybridized carbons (Fsp3) is 0.545. The first-order valence-electron chi connectivity index (χ1n) is 10.8. The zero-order valence-corrected chi connectivity index (χ0v) is 17.2. The zero-order chi connectivity index (χ0) is 21.6. The van der Waals surface area contributed by atoms with Crippen LogP contribution >= 0.6 is 0 Å². The molecule has 3 heterocycles. The van der Waals surface area contributed by atoms with Gasteiger partial charge < -0.3 is 19.9 Å². The number of benzene rings is 1. The molecule has 1 aromatic rings. The monoisotopic (exact) mass is 423 g/mol. The molecule has 31 heavy (non-hydrogen) atoms. The summed E-state index contributed by atoms with van der Waals surface area (Å²) in [6.45, 7) is 2.42. The predicted octanol–water partition coefficient (Wildman–Crippen LogP) is 2.00. The van der Waals surface area contributed by atoms with Crippen molar-refractivity contribution in [2.75, 3.05) is 38.0 Å². The van der Waals surface area contributed by atoms with Gasteiger partial charge in [-0.15, -0.1) is 0 Å². The molecule has 0 bridgehead atoms. The number of hydrogen-bond donors (Lipinski definition) is 1. The summed E-state index contributed by atoms with van der Waals surface area (Å²) in [5, 5.41) is 11.8. The largest absolute Gasteiger partial charge is 0.440 e. The van der Waals surface area contributed by atoms with Gasteiger partial charge in [-0.1, -0.05) is 0 Å². The Morgan fingerprint density at radius 3 is 2.42 bits per heavy atom.